The minimum Gasteiger partial charge on any atom is -0.502 e. The topological polar surface area (TPSA) is 52.6 Å². The van der Waals surface area contributed by atoms with Crippen molar-refractivity contribution in [1.29, 1.82) is 0 Å². The number of nitrogens with one attached hydrogen (secondary N) is 1. The van der Waals surface area contributed by atoms with Crippen LogP contribution in [0.5, 0.6) is 0 Å². The lowest BCUT2D eigenvalue weighted by atomic mass is 9.92. The molecule has 0 saturated heterocycles. The SMILES string of the molecule is Cc1cccc(CC2NC=C(O)C(=O)N2C2CCCCC2)c1. The van der Waals surface area contributed by atoms with Gasteiger partial charge >= 0.3 is 0 Å². The fourth-order valence-electron chi connectivity index (χ4n) is 3.59. The number of nitrogens with zero attached hydrogens (tertiary/aromatic N) is 1. The number of carbonyl (C=O) groups excluding carboxylic acids is 1. The Balaban J connectivity index is 1.81. The first-order valence-electron chi connectivity index (χ1n) is 8.18. The van der Waals surface area contributed by atoms with E-state index in [0.29, 0.717) is 0 Å². The molecule has 1 aromatic rings. The van der Waals surface area contributed by atoms with Crippen molar-refractivity contribution in [3.8, 4) is 0 Å². The average molecular weight is 300 g/mol. The van der Waals surface area contributed by atoms with Gasteiger partial charge in [0.25, 0.3) is 5.91 Å². The molecule has 1 aliphatic carbocycles. The van der Waals surface area contributed by atoms with E-state index in [4.69, 9.17) is 0 Å². The van der Waals surface area contributed by atoms with Crippen LogP contribution in [-0.4, -0.2) is 28.1 Å². The molecule has 0 aromatic heterocycles. The standard InChI is InChI=1S/C18H24N2O2/c1-13-6-5-7-14(10-13)11-17-19-12-16(21)18(22)20(17)15-8-3-2-4-9-15/h5-7,10,12,15,17,19,21H,2-4,8-9,11H2,1H3. The third kappa shape index (κ3) is 3.11. The van der Waals surface area contributed by atoms with E-state index in [1.807, 2.05) is 11.0 Å². The van der Waals surface area contributed by atoms with Gasteiger partial charge in [0, 0.05) is 18.7 Å². The minimum atomic E-state index is -0.233. The van der Waals surface area contributed by atoms with E-state index in [0.717, 1.165) is 32.1 Å². The second kappa shape index (κ2) is 6.42. The van der Waals surface area contributed by atoms with Crippen LogP contribution in [0.3, 0.4) is 0 Å². The van der Waals surface area contributed by atoms with E-state index in [1.165, 1.54) is 23.7 Å². The van der Waals surface area contributed by atoms with Crippen molar-refractivity contribution in [2.45, 2.75) is 57.7 Å². The van der Waals surface area contributed by atoms with Crippen LogP contribution in [-0.2, 0) is 11.2 Å². The van der Waals surface area contributed by atoms with Crippen molar-refractivity contribution in [1.82, 2.24) is 10.2 Å². The monoisotopic (exact) mass is 300 g/mol. The van der Waals surface area contributed by atoms with Gasteiger partial charge in [0.2, 0.25) is 0 Å². The Morgan fingerprint density at radius 3 is 2.77 bits per heavy atom. The third-order valence-corrected chi connectivity index (χ3v) is 4.68. The molecule has 1 aromatic carbocycles. The lowest BCUT2D eigenvalue weighted by Gasteiger charge is -2.42. The van der Waals surface area contributed by atoms with Crippen molar-refractivity contribution < 1.29 is 9.90 Å². The maximum absolute atomic E-state index is 12.5. The Hall–Kier alpha value is -1.97. The molecule has 4 nitrogen and oxygen atoms in total. The molecule has 3 rings (SSSR count). The van der Waals surface area contributed by atoms with E-state index < -0.39 is 0 Å². The van der Waals surface area contributed by atoms with Gasteiger partial charge in [-0.25, -0.2) is 0 Å². The van der Waals surface area contributed by atoms with Crippen molar-refractivity contribution >= 4 is 5.91 Å². The lowest BCUT2D eigenvalue weighted by molar-refractivity contribution is -0.137. The first-order valence-corrected chi connectivity index (χ1v) is 8.18. The molecule has 0 bridgehead atoms. The predicted octanol–water partition coefficient (Wildman–Crippen LogP) is 3.03. The zero-order valence-corrected chi connectivity index (χ0v) is 13.1. The molecule has 1 atom stereocenters. The van der Waals surface area contributed by atoms with Crippen LogP contribution in [0.15, 0.2) is 36.2 Å². The summed E-state index contributed by atoms with van der Waals surface area (Å²) in [7, 11) is 0. The van der Waals surface area contributed by atoms with Gasteiger partial charge in [0.05, 0.1) is 0 Å². The zero-order chi connectivity index (χ0) is 15.5. The van der Waals surface area contributed by atoms with Crippen LogP contribution in [0, 0.1) is 6.92 Å². The Morgan fingerprint density at radius 2 is 2.05 bits per heavy atom. The summed E-state index contributed by atoms with van der Waals surface area (Å²) < 4.78 is 0. The summed E-state index contributed by atoms with van der Waals surface area (Å²) in [6, 6.07) is 8.61. The Morgan fingerprint density at radius 1 is 1.27 bits per heavy atom. The molecule has 1 fully saturated rings. The third-order valence-electron chi connectivity index (χ3n) is 4.68. The van der Waals surface area contributed by atoms with Crippen molar-refractivity contribution in [2.24, 2.45) is 0 Å². The van der Waals surface area contributed by atoms with Gasteiger partial charge in [0.1, 0.15) is 6.17 Å². The summed E-state index contributed by atoms with van der Waals surface area (Å²) in [6.45, 7) is 2.08. The van der Waals surface area contributed by atoms with Gasteiger partial charge in [-0.2, -0.15) is 0 Å². The minimum absolute atomic E-state index is 0.0756. The Bertz CT molecular complexity index is 576. The number of hydrogen-bond donors (Lipinski definition) is 2. The highest BCUT2D eigenvalue weighted by molar-refractivity contribution is 5.92. The second-order valence-electron chi connectivity index (χ2n) is 6.41. The summed E-state index contributed by atoms with van der Waals surface area (Å²) in [4.78, 5) is 14.3. The molecule has 0 radical (unpaired) electrons. The first-order chi connectivity index (χ1) is 10.6. The number of carbonyl (C=O) groups is 1. The summed E-state index contributed by atoms with van der Waals surface area (Å²) in [5.74, 6) is -0.408. The number of aliphatic hydroxyl groups is 1. The Kier molecular flexibility index (Phi) is 4.36. The fraction of sp³-hybridized carbons (Fsp3) is 0.500. The number of hydrogen-bond acceptors (Lipinski definition) is 3. The Labute approximate surface area is 131 Å². The van der Waals surface area contributed by atoms with Crippen molar-refractivity contribution in [3.05, 3.63) is 47.4 Å². The van der Waals surface area contributed by atoms with Crippen LogP contribution in [0.25, 0.3) is 0 Å². The van der Waals surface area contributed by atoms with Crippen LogP contribution >= 0.6 is 0 Å². The van der Waals surface area contributed by atoms with Gasteiger partial charge in [0.15, 0.2) is 5.76 Å². The molecular formula is C18H24N2O2. The molecule has 4 heteroatoms. The molecule has 0 spiro atoms. The quantitative estimate of drug-likeness (QED) is 0.902. The van der Waals surface area contributed by atoms with E-state index in [1.54, 1.807) is 0 Å². The van der Waals surface area contributed by atoms with Crippen LogP contribution in [0.2, 0.25) is 0 Å². The summed E-state index contributed by atoms with van der Waals surface area (Å²) in [6.07, 6.45) is 7.77. The highest BCUT2D eigenvalue weighted by atomic mass is 16.3. The van der Waals surface area contributed by atoms with Gasteiger partial charge < -0.3 is 15.3 Å². The summed E-state index contributed by atoms with van der Waals surface area (Å²) in [5.41, 5.74) is 2.43. The first kappa shape index (κ1) is 14.9. The molecule has 1 unspecified atom stereocenters. The summed E-state index contributed by atoms with van der Waals surface area (Å²) >= 11 is 0. The number of aliphatic hydroxyl groups excluding tert-OH is 1. The zero-order valence-electron chi connectivity index (χ0n) is 13.1. The highest BCUT2D eigenvalue weighted by Gasteiger charge is 2.35. The fourth-order valence-corrected chi connectivity index (χ4v) is 3.59. The largest absolute Gasteiger partial charge is 0.502 e. The molecule has 22 heavy (non-hydrogen) atoms. The van der Waals surface area contributed by atoms with Gasteiger partial charge in [-0.1, -0.05) is 49.1 Å². The molecule has 1 saturated carbocycles. The molecule has 2 aliphatic rings. The molecule has 1 heterocycles. The average Bonchev–Trinajstić information content (AvgIpc) is 2.52. The predicted molar refractivity (Wildman–Crippen MR) is 86.2 cm³/mol. The van der Waals surface area contributed by atoms with Gasteiger partial charge in [-0.05, 0) is 25.3 Å². The van der Waals surface area contributed by atoms with E-state index in [-0.39, 0.29) is 23.9 Å². The van der Waals surface area contributed by atoms with Gasteiger partial charge in [-0.3, -0.25) is 4.79 Å². The highest BCUT2D eigenvalue weighted by Crippen LogP contribution is 2.27. The summed E-state index contributed by atoms with van der Waals surface area (Å²) in [5, 5.41) is 13.0. The normalized spacial score (nSPS) is 23.1. The number of aryl methyl sites for hydroxylation is 1. The van der Waals surface area contributed by atoms with Crippen LogP contribution in [0.1, 0.15) is 43.2 Å². The van der Waals surface area contributed by atoms with Gasteiger partial charge in [-0.15, -0.1) is 0 Å². The maximum atomic E-state index is 12.5. The second-order valence-corrected chi connectivity index (χ2v) is 6.41. The molecule has 1 amide bonds. The molecule has 1 aliphatic heterocycles. The lowest BCUT2D eigenvalue weighted by Crippen LogP contribution is -2.57. The number of amides is 1. The van der Waals surface area contributed by atoms with Crippen LogP contribution in [0.4, 0.5) is 0 Å². The number of rotatable bonds is 3. The van der Waals surface area contributed by atoms with E-state index in [2.05, 4.69) is 30.4 Å². The molecule has 118 valence electrons. The van der Waals surface area contributed by atoms with Crippen molar-refractivity contribution in [2.75, 3.05) is 0 Å². The van der Waals surface area contributed by atoms with Crippen molar-refractivity contribution in [3.63, 3.8) is 0 Å². The number of benzene rings is 1. The van der Waals surface area contributed by atoms with Crippen LogP contribution < -0.4 is 5.32 Å². The van der Waals surface area contributed by atoms with E-state index in [9.17, 15) is 9.90 Å². The molecular weight excluding hydrogens is 276 g/mol. The molecule has 2 N–H and O–H groups in total. The maximum Gasteiger partial charge on any atom is 0.292 e. The van der Waals surface area contributed by atoms with E-state index >= 15 is 0 Å². The smallest absolute Gasteiger partial charge is 0.292 e.